The molecule has 0 heterocycles. The lowest BCUT2D eigenvalue weighted by molar-refractivity contribution is 0.108. The van der Waals surface area contributed by atoms with Gasteiger partial charge in [-0.3, -0.25) is 0 Å². The second-order valence-electron chi connectivity index (χ2n) is 6.00. The van der Waals surface area contributed by atoms with Crippen molar-refractivity contribution in [1.82, 2.24) is 5.32 Å². The van der Waals surface area contributed by atoms with Crippen LogP contribution >= 0.6 is 0 Å². The van der Waals surface area contributed by atoms with Gasteiger partial charge in [0.25, 0.3) is 0 Å². The standard InChI is InChI=1S/C17H27NO2/c1-13(11-15-5-3-4-6-17(15)20-2)18-12-14-7-9-16(19)10-8-14/h3-6,13-14,16,18-19H,7-12H2,1-2H3. The normalized spacial score (nSPS) is 24.4. The van der Waals surface area contributed by atoms with Gasteiger partial charge in [-0.25, -0.2) is 0 Å². The molecule has 3 nitrogen and oxygen atoms in total. The molecule has 1 aliphatic carbocycles. The quantitative estimate of drug-likeness (QED) is 0.840. The molecule has 0 amide bonds. The van der Waals surface area contributed by atoms with E-state index in [4.69, 9.17) is 4.74 Å². The lowest BCUT2D eigenvalue weighted by Gasteiger charge is -2.27. The van der Waals surface area contributed by atoms with Crippen molar-refractivity contribution >= 4 is 0 Å². The summed E-state index contributed by atoms with van der Waals surface area (Å²) in [5.41, 5.74) is 1.26. The topological polar surface area (TPSA) is 41.5 Å². The Bertz CT molecular complexity index is 400. The molecule has 1 aromatic rings. The van der Waals surface area contributed by atoms with Crippen LogP contribution in [0.1, 0.15) is 38.2 Å². The van der Waals surface area contributed by atoms with Crippen LogP contribution in [0.3, 0.4) is 0 Å². The minimum absolute atomic E-state index is 0.0581. The van der Waals surface area contributed by atoms with Gasteiger partial charge >= 0.3 is 0 Å². The first kappa shape index (κ1) is 15.3. The van der Waals surface area contributed by atoms with E-state index in [1.54, 1.807) is 7.11 Å². The van der Waals surface area contributed by atoms with Gasteiger partial charge in [0.2, 0.25) is 0 Å². The van der Waals surface area contributed by atoms with Crippen molar-refractivity contribution < 1.29 is 9.84 Å². The van der Waals surface area contributed by atoms with Gasteiger partial charge in [-0.15, -0.1) is 0 Å². The minimum atomic E-state index is -0.0581. The molecule has 1 saturated carbocycles. The van der Waals surface area contributed by atoms with Crippen LogP contribution in [0.25, 0.3) is 0 Å². The maximum Gasteiger partial charge on any atom is 0.122 e. The van der Waals surface area contributed by atoms with Crippen LogP contribution < -0.4 is 10.1 Å². The summed E-state index contributed by atoms with van der Waals surface area (Å²) in [6, 6.07) is 8.66. The van der Waals surface area contributed by atoms with E-state index in [0.29, 0.717) is 6.04 Å². The number of aliphatic hydroxyl groups excluding tert-OH is 1. The van der Waals surface area contributed by atoms with Gasteiger partial charge in [-0.2, -0.15) is 0 Å². The summed E-state index contributed by atoms with van der Waals surface area (Å²) in [5, 5.41) is 13.2. The predicted octanol–water partition coefficient (Wildman–Crippen LogP) is 2.77. The third kappa shape index (κ3) is 4.50. The number of ether oxygens (including phenoxy) is 1. The fourth-order valence-corrected chi connectivity index (χ4v) is 2.99. The third-order valence-electron chi connectivity index (χ3n) is 4.29. The summed E-state index contributed by atoms with van der Waals surface area (Å²) in [4.78, 5) is 0. The fraction of sp³-hybridized carbons (Fsp3) is 0.647. The van der Waals surface area contributed by atoms with Crippen molar-refractivity contribution in [3.8, 4) is 5.75 Å². The maximum absolute atomic E-state index is 9.52. The van der Waals surface area contributed by atoms with Crippen LogP contribution in [0.5, 0.6) is 5.75 Å². The number of rotatable bonds is 6. The molecule has 1 fully saturated rings. The van der Waals surface area contributed by atoms with E-state index in [2.05, 4.69) is 24.4 Å². The third-order valence-corrected chi connectivity index (χ3v) is 4.29. The zero-order chi connectivity index (χ0) is 14.4. The first-order chi connectivity index (χ1) is 9.69. The lowest BCUT2D eigenvalue weighted by Crippen LogP contribution is -2.34. The molecule has 1 aliphatic rings. The molecule has 0 saturated heterocycles. The van der Waals surface area contributed by atoms with Crippen LogP contribution in [0, 0.1) is 5.92 Å². The van der Waals surface area contributed by atoms with Gasteiger partial charge in [-0.05, 0) is 63.1 Å². The molecule has 3 heteroatoms. The zero-order valence-electron chi connectivity index (χ0n) is 12.6. The Morgan fingerprint density at radius 2 is 1.95 bits per heavy atom. The molecule has 0 bridgehead atoms. The van der Waals surface area contributed by atoms with Gasteiger partial charge in [0, 0.05) is 6.04 Å². The van der Waals surface area contributed by atoms with E-state index in [-0.39, 0.29) is 6.10 Å². The Labute approximate surface area is 122 Å². The average Bonchev–Trinajstić information content (AvgIpc) is 2.47. The van der Waals surface area contributed by atoms with Crippen molar-refractivity contribution in [1.29, 1.82) is 0 Å². The van der Waals surface area contributed by atoms with Crippen molar-refractivity contribution in [2.45, 2.75) is 51.2 Å². The Morgan fingerprint density at radius 3 is 2.65 bits per heavy atom. The van der Waals surface area contributed by atoms with Gasteiger partial charge < -0.3 is 15.2 Å². The highest BCUT2D eigenvalue weighted by atomic mass is 16.5. The Hall–Kier alpha value is -1.06. The van der Waals surface area contributed by atoms with Crippen LogP contribution in [0.4, 0.5) is 0 Å². The molecule has 1 unspecified atom stereocenters. The van der Waals surface area contributed by atoms with E-state index >= 15 is 0 Å². The molecular formula is C17H27NO2. The van der Waals surface area contributed by atoms with Crippen molar-refractivity contribution in [2.24, 2.45) is 5.92 Å². The molecule has 0 radical (unpaired) electrons. The van der Waals surface area contributed by atoms with Crippen LogP contribution in [0.2, 0.25) is 0 Å². The summed E-state index contributed by atoms with van der Waals surface area (Å²) in [5.74, 6) is 1.69. The van der Waals surface area contributed by atoms with Crippen molar-refractivity contribution in [2.75, 3.05) is 13.7 Å². The zero-order valence-corrected chi connectivity index (χ0v) is 12.6. The SMILES string of the molecule is COc1ccccc1CC(C)NCC1CCC(O)CC1. The molecule has 2 N–H and O–H groups in total. The number of aliphatic hydroxyl groups is 1. The largest absolute Gasteiger partial charge is 0.496 e. The number of hydrogen-bond donors (Lipinski definition) is 2. The van der Waals surface area contributed by atoms with Crippen LogP contribution in [-0.2, 0) is 6.42 Å². The number of hydrogen-bond acceptors (Lipinski definition) is 3. The monoisotopic (exact) mass is 277 g/mol. The second-order valence-corrected chi connectivity index (χ2v) is 6.00. The number of nitrogens with one attached hydrogen (secondary N) is 1. The van der Waals surface area contributed by atoms with Crippen LogP contribution in [-0.4, -0.2) is 30.9 Å². The van der Waals surface area contributed by atoms with E-state index in [9.17, 15) is 5.11 Å². The van der Waals surface area contributed by atoms with Gasteiger partial charge in [0.05, 0.1) is 13.2 Å². The summed E-state index contributed by atoms with van der Waals surface area (Å²) in [6.07, 6.45) is 5.16. The molecule has 0 spiro atoms. The highest BCUT2D eigenvalue weighted by Crippen LogP contribution is 2.24. The van der Waals surface area contributed by atoms with Crippen molar-refractivity contribution in [3.05, 3.63) is 29.8 Å². The maximum atomic E-state index is 9.52. The molecule has 20 heavy (non-hydrogen) atoms. The van der Waals surface area contributed by atoms with Crippen molar-refractivity contribution in [3.63, 3.8) is 0 Å². The summed E-state index contributed by atoms with van der Waals surface area (Å²) in [6.45, 7) is 3.28. The predicted molar refractivity (Wildman–Crippen MR) is 82.1 cm³/mol. The van der Waals surface area contributed by atoms with E-state index in [1.807, 2.05) is 12.1 Å². The molecule has 2 rings (SSSR count). The highest BCUT2D eigenvalue weighted by molar-refractivity contribution is 5.33. The van der Waals surface area contributed by atoms with E-state index in [0.717, 1.165) is 50.3 Å². The molecule has 1 aromatic carbocycles. The smallest absolute Gasteiger partial charge is 0.122 e. The van der Waals surface area contributed by atoms with E-state index in [1.165, 1.54) is 5.56 Å². The first-order valence-corrected chi connectivity index (χ1v) is 7.72. The number of para-hydroxylation sites is 1. The molecule has 0 aromatic heterocycles. The Balaban J connectivity index is 1.76. The summed E-state index contributed by atoms with van der Waals surface area (Å²) >= 11 is 0. The second kappa shape index (κ2) is 7.65. The number of methoxy groups -OCH3 is 1. The summed E-state index contributed by atoms with van der Waals surface area (Å²) in [7, 11) is 1.73. The summed E-state index contributed by atoms with van der Waals surface area (Å²) < 4.78 is 5.40. The number of benzene rings is 1. The average molecular weight is 277 g/mol. The van der Waals surface area contributed by atoms with Gasteiger partial charge in [-0.1, -0.05) is 18.2 Å². The van der Waals surface area contributed by atoms with Crippen LogP contribution in [0.15, 0.2) is 24.3 Å². The molecule has 1 atom stereocenters. The van der Waals surface area contributed by atoms with E-state index < -0.39 is 0 Å². The van der Waals surface area contributed by atoms with Gasteiger partial charge in [0.15, 0.2) is 0 Å². The molecule has 0 aliphatic heterocycles. The fourth-order valence-electron chi connectivity index (χ4n) is 2.99. The molecular weight excluding hydrogens is 250 g/mol. The minimum Gasteiger partial charge on any atom is -0.496 e. The Morgan fingerprint density at radius 1 is 1.25 bits per heavy atom. The molecule has 112 valence electrons. The Kier molecular flexibility index (Phi) is 5.86. The van der Waals surface area contributed by atoms with Gasteiger partial charge in [0.1, 0.15) is 5.75 Å². The lowest BCUT2D eigenvalue weighted by atomic mass is 9.87. The highest BCUT2D eigenvalue weighted by Gasteiger charge is 2.19. The first-order valence-electron chi connectivity index (χ1n) is 7.72.